The van der Waals surface area contributed by atoms with E-state index in [4.69, 9.17) is 0 Å². The molecule has 0 aliphatic carbocycles. The largest absolute Gasteiger partial charge is 0.300 e. The van der Waals surface area contributed by atoms with Crippen molar-refractivity contribution in [2.75, 3.05) is 5.32 Å². The van der Waals surface area contributed by atoms with Crippen molar-refractivity contribution < 1.29 is 4.79 Å². The normalized spacial score (nSPS) is 10.6. The van der Waals surface area contributed by atoms with Gasteiger partial charge < -0.3 is 5.32 Å². The van der Waals surface area contributed by atoms with Crippen LogP contribution in [0.2, 0.25) is 0 Å². The monoisotopic (exact) mass is 361 g/mol. The Hall–Kier alpha value is -1.70. The fourth-order valence-electron chi connectivity index (χ4n) is 1.91. The fourth-order valence-corrected chi connectivity index (χ4v) is 4.34. The van der Waals surface area contributed by atoms with Crippen LogP contribution in [0.1, 0.15) is 17.5 Å². The molecule has 23 heavy (non-hydrogen) atoms. The number of aromatic nitrogens is 2. The van der Waals surface area contributed by atoms with Crippen molar-refractivity contribution in [3.8, 4) is 0 Å². The molecule has 0 unspecified atom stereocenters. The van der Waals surface area contributed by atoms with Gasteiger partial charge in [-0.15, -0.1) is 10.2 Å². The molecular formula is C16H15N3OS3. The Labute approximate surface area is 147 Å². The first kappa shape index (κ1) is 16.2. The number of carbonyl (C=O) groups excluding carboxylic acids is 1. The molecule has 0 aliphatic heterocycles. The molecule has 1 amide bonds. The molecule has 2 aromatic heterocycles. The van der Waals surface area contributed by atoms with Crippen LogP contribution in [0.5, 0.6) is 0 Å². The van der Waals surface area contributed by atoms with Gasteiger partial charge in [0.2, 0.25) is 11.0 Å². The van der Waals surface area contributed by atoms with Crippen LogP contribution in [0.15, 0.2) is 51.5 Å². The number of thiophene rings is 1. The second kappa shape index (κ2) is 8.24. The van der Waals surface area contributed by atoms with E-state index < -0.39 is 0 Å². The Bertz CT molecular complexity index is 741. The number of benzene rings is 1. The van der Waals surface area contributed by atoms with Gasteiger partial charge in [0.05, 0.1) is 0 Å². The van der Waals surface area contributed by atoms with Gasteiger partial charge in [0, 0.05) is 12.2 Å². The lowest BCUT2D eigenvalue weighted by Crippen LogP contribution is -2.11. The van der Waals surface area contributed by atoms with Crippen molar-refractivity contribution >= 4 is 45.5 Å². The molecule has 0 atom stereocenters. The predicted octanol–water partition coefficient (Wildman–Crippen LogP) is 4.46. The number of nitrogens with zero attached hydrogens (tertiary/aromatic N) is 2. The van der Waals surface area contributed by atoms with Gasteiger partial charge in [-0.3, -0.25) is 4.79 Å². The van der Waals surface area contributed by atoms with Crippen LogP contribution in [0, 0.1) is 0 Å². The molecule has 0 aliphatic rings. The molecule has 0 saturated heterocycles. The number of carbonyl (C=O) groups is 1. The summed E-state index contributed by atoms with van der Waals surface area (Å²) in [6.45, 7) is 0. The molecule has 0 spiro atoms. The molecule has 3 aromatic rings. The van der Waals surface area contributed by atoms with Crippen molar-refractivity contribution in [3.63, 3.8) is 0 Å². The molecule has 7 heteroatoms. The molecule has 0 fully saturated rings. The summed E-state index contributed by atoms with van der Waals surface area (Å²) in [5.41, 5.74) is 2.44. The van der Waals surface area contributed by atoms with E-state index in [0.717, 1.165) is 16.5 Å². The Morgan fingerprint density at radius 3 is 2.78 bits per heavy atom. The average Bonchev–Trinajstić information content (AvgIpc) is 3.24. The molecule has 1 aromatic carbocycles. The van der Waals surface area contributed by atoms with E-state index in [0.29, 0.717) is 11.6 Å². The SMILES string of the molecule is O=C(CCc1ccsc1)Nc1nnc(SCc2ccccc2)s1. The quantitative estimate of drug-likeness (QED) is 0.498. The van der Waals surface area contributed by atoms with Crippen molar-refractivity contribution in [2.24, 2.45) is 0 Å². The van der Waals surface area contributed by atoms with Gasteiger partial charge in [-0.2, -0.15) is 11.3 Å². The van der Waals surface area contributed by atoms with Gasteiger partial charge in [-0.05, 0) is 34.4 Å². The van der Waals surface area contributed by atoms with E-state index in [1.807, 2.05) is 29.6 Å². The fraction of sp³-hybridized carbons (Fsp3) is 0.188. The van der Waals surface area contributed by atoms with E-state index in [9.17, 15) is 4.79 Å². The van der Waals surface area contributed by atoms with Crippen molar-refractivity contribution in [1.82, 2.24) is 10.2 Å². The smallest absolute Gasteiger partial charge is 0.226 e. The number of nitrogens with one attached hydrogen (secondary N) is 1. The minimum atomic E-state index is -0.0213. The standard InChI is InChI=1S/C16H15N3OS3/c20-14(7-6-13-8-9-21-10-13)17-15-18-19-16(23-15)22-11-12-4-2-1-3-5-12/h1-5,8-10H,6-7,11H2,(H,17,18,20). The molecule has 4 nitrogen and oxygen atoms in total. The highest BCUT2D eigenvalue weighted by Gasteiger charge is 2.09. The van der Waals surface area contributed by atoms with Crippen LogP contribution < -0.4 is 5.32 Å². The minimum absolute atomic E-state index is 0.0213. The van der Waals surface area contributed by atoms with Crippen molar-refractivity contribution in [1.29, 1.82) is 0 Å². The molecule has 0 saturated carbocycles. The second-order valence-electron chi connectivity index (χ2n) is 4.83. The number of thioether (sulfide) groups is 1. The highest BCUT2D eigenvalue weighted by Crippen LogP contribution is 2.28. The summed E-state index contributed by atoms with van der Waals surface area (Å²) in [6, 6.07) is 12.3. The van der Waals surface area contributed by atoms with E-state index in [1.165, 1.54) is 22.5 Å². The summed E-state index contributed by atoms with van der Waals surface area (Å²) in [6.07, 6.45) is 1.21. The number of hydrogen-bond acceptors (Lipinski definition) is 6. The van der Waals surface area contributed by atoms with Crippen LogP contribution in [-0.4, -0.2) is 16.1 Å². The van der Waals surface area contributed by atoms with Gasteiger partial charge in [-0.1, -0.05) is 53.4 Å². The van der Waals surface area contributed by atoms with Crippen molar-refractivity contribution in [2.45, 2.75) is 22.9 Å². The summed E-state index contributed by atoms with van der Waals surface area (Å²) >= 11 is 4.69. The molecule has 0 bridgehead atoms. The zero-order valence-electron chi connectivity index (χ0n) is 12.3. The Balaban J connectivity index is 1.46. The lowest BCUT2D eigenvalue weighted by atomic mass is 10.2. The first-order valence-corrected chi connectivity index (χ1v) is 9.85. The van der Waals surface area contributed by atoms with Gasteiger partial charge >= 0.3 is 0 Å². The van der Waals surface area contributed by atoms with Gasteiger partial charge in [0.25, 0.3) is 0 Å². The van der Waals surface area contributed by atoms with E-state index >= 15 is 0 Å². The first-order valence-electron chi connectivity index (χ1n) is 7.11. The summed E-state index contributed by atoms with van der Waals surface area (Å²) in [5.74, 6) is 0.827. The van der Waals surface area contributed by atoms with E-state index in [1.54, 1.807) is 23.1 Å². The number of rotatable bonds is 7. The number of hydrogen-bond donors (Lipinski definition) is 1. The molecule has 0 radical (unpaired) electrons. The summed E-state index contributed by atoms with van der Waals surface area (Å²) in [5, 5.41) is 15.6. The maximum Gasteiger partial charge on any atom is 0.226 e. The third-order valence-electron chi connectivity index (χ3n) is 3.08. The number of amides is 1. The average molecular weight is 362 g/mol. The number of anilines is 1. The minimum Gasteiger partial charge on any atom is -0.300 e. The topological polar surface area (TPSA) is 54.9 Å². The molecule has 3 rings (SSSR count). The molecule has 1 N–H and O–H groups in total. The van der Waals surface area contributed by atoms with Crippen LogP contribution in [0.4, 0.5) is 5.13 Å². The summed E-state index contributed by atoms with van der Waals surface area (Å²) < 4.78 is 0.863. The zero-order valence-corrected chi connectivity index (χ0v) is 14.7. The first-order chi connectivity index (χ1) is 11.3. The Kier molecular flexibility index (Phi) is 5.79. The van der Waals surface area contributed by atoms with E-state index in [-0.39, 0.29) is 5.91 Å². The van der Waals surface area contributed by atoms with E-state index in [2.05, 4.69) is 33.0 Å². The zero-order chi connectivity index (χ0) is 15.9. The maximum atomic E-state index is 11.9. The Morgan fingerprint density at radius 2 is 2.00 bits per heavy atom. The van der Waals surface area contributed by atoms with Gasteiger partial charge in [0.1, 0.15) is 0 Å². The van der Waals surface area contributed by atoms with Gasteiger partial charge in [0.15, 0.2) is 4.34 Å². The third kappa shape index (κ3) is 5.16. The second-order valence-corrected chi connectivity index (χ2v) is 7.81. The van der Waals surface area contributed by atoms with Crippen LogP contribution >= 0.6 is 34.4 Å². The lowest BCUT2D eigenvalue weighted by Gasteiger charge is -1.99. The summed E-state index contributed by atoms with van der Waals surface area (Å²) in [7, 11) is 0. The molecular weight excluding hydrogens is 346 g/mol. The number of aryl methyl sites for hydroxylation is 1. The molecule has 2 heterocycles. The van der Waals surface area contributed by atoms with Crippen LogP contribution in [0.3, 0.4) is 0 Å². The van der Waals surface area contributed by atoms with Crippen LogP contribution in [0.25, 0.3) is 0 Å². The lowest BCUT2D eigenvalue weighted by molar-refractivity contribution is -0.116. The third-order valence-corrected chi connectivity index (χ3v) is 5.85. The molecule has 118 valence electrons. The highest BCUT2D eigenvalue weighted by atomic mass is 32.2. The van der Waals surface area contributed by atoms with Crippen LogP contribution in [-0.2, 0) is 17.0 Å². The summed E-state index contributed by atoms with van der Waals surface area (Å²) in [4.78, 5) is 11.9. The Morgan fingerprint density at radius 1 is 1.13 bits per heavy atom. The van der Waals surface area contributed by atoms with Gasteiger partial charge in [-0.25, -0.2) is 0 Å². The highest BCUT2D eigenvalue weighted by molar-refractivity contribution is 8.00. The predicted molar refractivity (Wildman–Crippen MR) is 97.2 cm³/mol. The van der Waals surface area contributed by atoms with Crippen molar-refractivity contribution in [3.05, 3.63) is 58.3 Å². The maximum absolute atomic E-state index is 11.9.